The summed E-state index contributed by atoms with van der Waals surface area (Å²) >= 11 is 0. The third-order valence-electron chi connectivity index (χ3n) is 5.42. The Morgan fingerprint density at radius 3 is 2.19 bits per heavy atom. The van der Waals surface area contributed by atoms with Crippen LogP contribution in [-0.4, -0.2) is 39.6 Å². The smallest absolute Gasteiger partial charge is 0.478 e. The first-order valence-corrected chi connectivity index (χ1v) is 11.4. The van der Waals surface area contributed by atoms with Gasteiger partial charge in [-0.15, -0.1) is 13.2 Å². The zero-order chi connectivity index (χ0) is 26.3. The lowest BCUT2D eigenvalue weighted by Gasteiger charge is -2.24. The number of aryl methyl sites for hydroxylation is 1. The molecule has 0 amide bonds. The molecule has 0 saturated heterocycles. The van der Waals surface area contributed by atoms with Gasteiger partial charge in [0.1, 0.15) is 11.5 Å². The number of anilines is 1. The van der Waals surface area contributed by atoms with Crippen LogP contribution in [0.1, 0.15) is 37.5 Å². The zero-order valence-corrected chi connectivity index (χ0v) is 20.2. The number of aromatic nitrogens is 2. The highest BCUT2D eigenvalue weighted by atomic mass is 19.4. The number of ether oxygens (including phenoxy) is 2. The lowest BCUT2D eigenvalue weighted by Crippen LogP contribution is -2.37. The number of carbonyl (C=O) groups is 1. The van der Waals surface area contributed by atoms with Gasteiger partial charge in [-0.2, -0.15) is 0 Å². The van der Waals surface area contributed by atoms with Crippen molar-refractivity contribution in [1.82, 2.24) is 9.97 Å². The summed E-state index contributed by atoms with van der Waals surface area (Å²) in [5, 5.41) is 9.23. The van der Waals surface area contributed by atoms with E-state index < -0.39 is 17.9 Å². The Kier molecular flexibility index (Phi) is 8.39. The molecule has 0 bridgehead atoms. The second-order valence-corrected chi connectivity index (χ2v) is 8.63. The van der Waals surface area contributed by atoms with E-state index in [9.17, 15) is 23.1 Å². The average molecular weight is 504 g/mol. The number of benzene rings is 2. The third kappa shape index (κ3) is 7.59. The van der Waals surface area contributed by atoms with Crippen LogP contribution >= 0.6 is 0 Å². The molecule has 7 nitrogen and oxygen atoms in total. The highest BCUT2D eigenvalue weighted by molar-refractivity contribution is 5.76. The molecule has 0 atom stereocenters. The van der Waals surface area contributed by atoms with Gasteiger partial charge in [-0.1, -0.05) is 37.3 Å². The fourth-order valence-electron chi connectivity index (χ4n) is 3.33. The van der Waals surface area contributed by atoms with Gasteiger partial charge in [-0.05, 0) is 56.0 Å². The quantitative estimate of drug-likeness (QED) is 0.374. The molecule has 192 valence electrons. The first kappa shape index (κ1) is 26.8. The summed E-state index contributed by atoms with van der Waals surface area (Å²) in [5.41, 5.74) is 0.842. The Bertz CT molecular complexity index is 1150. The zero-order valence-electron chi connectivity index (χ0n) is 20.2. The molecule has 1 heterocycles. The van der Waals surface area contributed by atoms with Crippen molar-refractivity contribution < 1.29 is 32.5 Å². The molecule has 0 spiro atoms. The lowest BCUT2D eigenvalue weighted by molar-refractivity contribution is -0.274. The number of aliphatic carboxylic acids is 1. The lowest BCUT2D eigenvalue weighted by atomic mass is 10.1. The molecular weight excluding hydrogens is 475 g/mol. The maximum Gasteiger partial charge on any atom is 0.573 e. The summed E-state index contributed by atoms with van der Waals surface area (Å²) < 4.78 is 48.5. The maximum absolute atomic E-state index is 12.9. The van der Waals surface area contributed by atoms with Crippen LogP contribution in [0.4, 0.5) is 19.1 Å². The van der Waals surface area contributed by atoms with Crippen LogP contribution in [0.15, 0.2) is 60.9 Å². The molecule has 0 aliphatic heterocycles. The number of nitrogens with zero attached hydrogens (tertiary/aromatic N) is 3. The number of carboxylic acid groups (broad SMARTS) is 1. The van der Waals surface area contributed by atoms with Crippen LogP contribution in [-0.2, 0) is 24.2 Å². The van der Waals surface area contributed by atoms with Crippen LogP contribution in [0.2, 0.25) is 0 Å². The molecule has 3 aromatic rings. The van der Waals surface area contributed by atoms with Crippen molar-refractivity contribution in [3.8, 4) is 11.5 Å². The number of alkyl halides is 3. The van der Waals surface area contributed by atoms with Crippen LogP contribution in [0.3, 0.4) is 0 Å². The molecule has 36 heavy (non-hydrogen) atoms. The van der Waals surface area contributed by atoms with E-state index in [1.165, 1.54) is 26.0 Å². The Morgan fingerprint density at radius 1 is 0.972 bits per heavy atom. The average Bonchev–Trinajstić information content (AvgIpc) is 2.82. The molecule has 0 saturated carbocycles. The van der Waals surface area contributed by atoms with Crippen molar-refractivity contribution in [2.75, 3.05) is 11.4 Å². The Balaban J connectivity index is 1.79. The summed E-state index contributed by atoms with van der Waals surface area (Å²) in [6.07, 6.45) is -0.119. The van der Waals surface area contributed by atoms with Gasteiger partial charge in [0.25, 0.3) is 0 Å². The summed E-state index contributed by atoms with van der Waals surface area (Å²) in [5.74, 6) is -0.550. The minimum absolute atomic E-state index is 0.103. The molecule has 0 aliphatic carbocycles. The summed E-state index contributed by atoms with van der Waals surface area (Å²) in [6.45, 7) is 5.42. The number of para-hydroxylation sites is 1. The standard InChI is InChI=1S/C26H28F3N3O4/c1-4-18-15-30-24(31-16-18)32(17-20-7-5-6-8-22(20)36-26(27,28)29)14-13-19-9-11-21(12-10-19)35-25(2,3)23(33)34/h5-12,15-16H,4,13-14,17H2,1-3H3,(H,33,34). The number of carboxylic acids is 1. The molecule has 1 aromatic heterocycles. The monoisotopic (exact) mass is 503 g/mol. The van der Waals surface area contributed by atoms with E-state index in [1.54, 1.807) is 41.6 Å². The highest BCUT2D eigenvalue weighted by Crippen LogP contribution is 2.28. The molecular formula is C26H28F3N3O4. The first-order valence-electron chi connectivity index (χ1n) is 11.4. The fraction of sp³-hybridized carbons (Fsp3) is 0.346. The molecule has 0 fully saturated rings. The van der Waals surface area contributed by atoms with Gasteiger partial charge < -0.3 is 19.5 Å². The van der Waals surface area contributed by atoms with Crippen LogP contribution in [0.25, 0.3) is 0 Å². The van der Waals surface area contributed by atoms with E-state index in [1.807, 2.05) is 19.1 Å². The molecule has 0 aliphatic rings. The number of hydrogen-bond acceptors (Lipinski definition) is 6. The number of hydrogen-bond donors (Lipinski definition) is 1. The van der Waals surface area contributed by atoms with Gasteiger partial charge in [0.2, 0.25) is 5.95 Å². The van der Waals surface area contributed by atoms with Gasteiger partial charge in [-0.3, -0.25) is 0 Å². The van der Waals surface area contributed by atoms with E-state index >= 15 is 0 Å². The Morgan fingerprint density at radius 2 is 1.61 bits per heavy atom. The predicted molar refractivity (Wildman–Crippen MR) is 128 cm³/mol. The van der Waals surface area contributed by atoms with Crippen LogP contribution < -0.4 is 14.4 Å². The first-order chi connectivity index (χ1) is 17.0. The second kappa shape index (κ2) is 11.3. The summed E-state index contributed by atoms with van der Waals surface area (Å²) in [6, 6.07) is 13.0. The molecule has 2 aromatic carbocycles. The Hall–Kier alpha value is -3.82. The number of halogens is 3. The van der Waals surface area contributed by atoms with E-state index in [4.69, 9.17) is 4.74 Å². The minimum Gasteiger partial charge on any atom is -0.478 e. The normalized spacial score (nSPS) is 11.7. The van der Waals surface area contributed by atoms with Crippen molar-refractivity contribution in [2.24, 2.45) is 0 Å². The highest BCUT2D eigenvalue weighted by Gasteiger charge is 2.32. The van der Waals surface area contributed by atoms with E-state index in [2.05, 4.69) is 14.7 Å². The van der Waals surface area contributed by atoms with E-state index in [0.29, 0.717) is 30.2 Å². The van der Waals surface area contributed by atoms with E-state index in [-0.39, 0.29) is 12.3 Å². The molecule has 1 N–H and O–H groups in total. The molecule has 0 unspecified atom stereocenters. The van der Waals surface area contributed by atoms with Crippen LogP contribution in [0, 0.1) is 0 Å². The van der Waals surface area contributed by atoms with Crippen LogP contribution in [0.5, 0.6) is 11.5 Å². The van der Waals surface area contributed by atoms with Gasteiger partial charge in [0.15, 0.2) is 5.60 Å². The van der Waals surface area contributed by atoms with Crippen molar-refractivity contribution in [1.29, 1.82) is 0 Å². The SMILES string of the molecule is CCc1cnc(N(CCc2ccc(OC(C)(C)C(=O)O)cc2)Cc2ccccc2OC(F)(F)F)nc1. The number of rotatable bonds is 11. The van der Waals surface area contributed by atoms with Gasteiger partial charge >= 0.3 is 12.3 Å². The molecule has 3 rings (SSSR count). The molecule has 10 heteroatoms. The predicted octanol–water partition coefficient (Wildman–Crippen LogP) is 5.43. The largest absolute Gasteiger partial charge is 0.573 e. The van der Waals surface area contributed by atoms with Crippen molar-refractivity contribution in [3.63, 3.8) is 0 Å². The second-order valence-electron chi connectivity index (χ2n) is 8.63. The molecule has 0 radical (unpaired) electrons. The maximum atomic E-state index is 12.9. The Labute approximate surface area is 207 Å². The van der Waals surface area contributed by atoms with Gasteiger partial charge in [-0.25, -0.2) is 14.8 Å². The minimum atomic E-state index is -4.81. The van der Waals surface area contributed by atoms with Gasteiger partial charge in [0.05, 0.1) is 0 Å². The van der Waals surface area contributed by atoms with E-state index in [0.717, 1.165) is 17.5 Å². The summed E-state index contributed by atoms with van der Waals surface area (Å²) in [7, 11) is 0. The fourth-order valence-corrected chi connectivity index (χ4v) is 3.33. The summed E-state index contributed by atoms with van der Waals surface area (Å²) in [4.78, 5) is 21.9. The van der Waals surface area contributed by atoms with Crippen molar-refractivity contribution in [3.05, 3.63) is 77.6 Å². The topological polar surface area (TPSA) is 84.8 Å². The van der Waals surface area contributed by atoms with Crippen molar-refractivity contribution in [2.45, 2.75) is 52.1 Å². The van der Waals surface area contributed by atoms with Gasteiger partial charge in [0, 0.05) is 31.0 Å². The van der Waals surface area contributed by atoms with Crippen molar-refractivity contribution >= 4 is 11.9 Å². The third-order valence-corrected chi connectivity index (χ3v) is 5.42.